The molecular formula is C12H15ClN2. The molecule has 0 bridgehead atoms. The van der Waals surface area contributed by atoms with E-state index >= 15 is 0 Å². The highest BCUT2D eigenvalue weighted by Gasteiger charge is 2.14. The van der Waals surface area contributed by atoms with Gasteiger partial charge >= 0.3 is 0 Å². The summed E-state index contributed by atoms with van der Waals surface area (Å²) in [7, 11) is 0. The van der Waals surface area contributed by atoms with Crippen molar-refractivity contribution in [2.45, 2.75) is 6.42 Å². The largest absolute Gasteiger partial charge is 0.383 e. The molecule has 1 aliphatic heterocycles. The molecule has 0 radical (unpaired) electrons. The smallest absolute Gasteiger partial charge is 0.0605 e. The van der Waals surface area contributed by atoms with Crippen LogP contribution >= 0.6 is 11.6 Å². The minimum Gasteiger partial charge on any atom is -0.383 e. The number of halogens is 1. The first-order valence-electron chi connectivity index (χ1n) is 5.18. The topological polar surface area (TPSA) is 15.3 Å². The van der Waals surface area contributed by atoms with Crippen molar-refractivity contribution >= 4 is 23.0 Å². The van der Waals surface area contributed by atoms with Crippen molar-refractivity contribution in [1.29, 1.82) is 0 Å². The number of nitrogens with one attached hydrogen (secondary N) is 1. The fourth-order valence-corrected chi connectivity index (χ4v) is 2.03. The van der Waals surface area contributed by atoms with Gasteiger partial charge in [-0.05, 0) is 18.6 Å². The number of para-hydroxylation sites is 2. The molecule has 1 N–H and O–H groups in total. The van der Waals surface area contributed by atoms with E-state index in [0.717, 1.165) is 26.1 Å². The van der Waals surface area contributed by atoms with Gasteiger partial charge in [-0.25, -0.2) is 0 Å². The summed E-state index contributed by atoms with van der Waals surface area (Å²) in [5.41, 5.74) is 2.41. The van der Waals surface area contributed by atoms with Crippen LogP contribution in [0.15, 0.2) is 35.9 Å². The van der Waals surface area contributed by atoms with Crippen molar-refractivity contribution in [3.63, 3.8) is 0 Å². The molecule has 80 valence electrons. The first-order valence-corrected chi connectivity index (χ1v) is 5.56. The number of hydrogen-bond donors (Lipinski definition) is 1. The molecule has 1 aromatic rings. The lowest BCUT2D eigenvalue weighted by molar-refractivity contribution is 0.804. The van der Waals surface area contributed by atoms with Gasteiger partial charge in [0, 0.05) is 18.1 Å². The summed E-state index contributed by atoms with van der Waals surface area (Å²) in [6.45, 7) is 6.52. The number of benzene rings is 1. The Morgan fingerprint density at radius 1 is 1.47 bits per heavy atom. The van der Waals surface area contributed by atoms with Crippen LogP contribution in [0.2, 0.25) is 0 Å². The first-order chi connectivity index (χ1) is 7.27. The van der Waals surface area contributed by atoms with Crippen LogP contribution in [0.1, 0.15) is 6.42 Å². The molecule has 0 atom stereocenters. The molecule has 0 spiro atoms. The van der Waals surface area contributed by atoms with Gasteiger partial charge in [-0.3, -0.25) is 0 Å². The molecule has 3 heteroatoms. The fraction of sp³-hybridized carbons (Fsp3) is 0.333. The Morgan fingerprint density at radius 3 is 3.07 bits per heavy atom. The summed E-state index contributed by atoms with van der Waals surface area (Å²) in [6, 6.07) is 8.32. The normalized spacial score (nSPS) is 15.1. The van der Waals surface area contributed by atoms with Gasteiger partial charge < -0.3 is 10.2 Å². The number of anilines is 2. The molecule has 0 saturated heterocycles. The zero-order valence-electron chi connectivity index (χ0n) is 8.67. The molecule has 1 heterocycles. The molecule has 0 fully saturated rings. The summed E-state index contributed by atoms with van der Waals surface area (Å²) in [6.07, 6.45) is 1.12. The predicted molar refractivity (Wildman–Crippen MR) is 66.8 cm³/mol. The maximum Gasteiger partial charge on any atom is 0.0605 e. The SMILES string of the molecule is C=C(Cl)CN1CCCNc2ccccc21. The van der Waals surface area contributed by atoms with Crippen LogP contribution in [0, 0.1) is 0 Å². The molecule has 0 unspecified atom stereocenters. The van der Waals surface area contributed by atoms with Crippen LogP contribution in [0.25, 0.3) is 0 Å². The van der Waals surface area contributed by atoms with E-state index in [1.165, 1.54) is 11.4 Å². The number of fused-ring (bicyclic) bond motifs is 1. The summed E-state index contributed by atoms with van der Waals surface area (Å²) in [5.74, 6) is 0. The van der Waals surface area contributed by atoms with Gasteiger partial charge in [-0.15, -0.1) is 0 Å². The van der Waals surface area contributed by atoms with E-state index in [1.54, 1.807) is 0 Å². The van der Waals surface area contributed by atoms with E-state index in [1.807, 2.05) is 6.07 Å². The Morgan fingerprint density at radius 2 is 2.27 bits per heavy atom. The molecule has 1 aromatic carbocycles. The Labute approximate surface area is 95.5 Å². The molecule has 0 amide bonds. The van der Waals surface area contributed by atoms with Crippen molar-refractivity contribution in [3.05, 3.63) is 35.9 Å². The molecule has 15 heavy (non-hydrogen) atoms. The quantitative estimate of drug-likeness (QED) is 0.828. The van der Waals surface area contributed by atoms with Gasteiger partial charge in [0.1, 0.15) is 0 Å². The van der Waals surface area contributed by atoms with Crippen molar-refractivity contribution < 1.29 is 0 Å². The Kier molecular flexibility index (Phi) is 3.17. The van der Waals surface area contributed by atoms with E-state index in [4.69, 9.17) is 11.6 Å². The Balaban J connectivity index is 2.28. The monoisotopic (exact) mass is 222 g/mol. The lowest BCUT2D eigenvalue weighted by Crippen LogP contribution is -2.25. The third-order valence-corrected chi connectivity index (χ3v) is 2.65. The maximum atomic E-state index is 5.87. The van der Waals surface area contributed by atoms with Crippen molar-refractivity contribution in [2.75, 3.05) is 29.9 Å². The van der Waals surface area contributed by atoms with Crippen LogP contribution in [0.3, 0.4) is 0 Å². The van der Waals surface area contributed by atoms with E-state index < -0.39 is 0 Å². The lowest BCUT2D eigenvalue weighted by atomic mass is 10.2. The summed E-state index contributed by atoms with van der Waals surface area (Å²) in [5, 5.41) is 4.10. The van der Waals surface area contributed by atoms with Crippen molar-refractivity contribution in [3.8, 4) is 0 Å². The second kappa shape index (κ2) is 4.58. The highest BCUT2D eigenvalue weighted by Crippen LogP contribution is 2.28. The number of rotatable bonds is 2. The van der Waals surface area contributed by atoms with E-state index in [2.05, 4.69) is 35.0 Å². The van der Waals surface area contributed by atoms with Gasteiger partial charge in [-0.1, -0.05) is 30.3 Å². The van der Waals surface area contributed by atoms with Gasteiger partial charge in [-0.2, -0.15) is 0 Å². The van der Waals surface area contributed by atoms with Crippen LogP contribution in [-0.2, 0) is 0 Å². The van der Waals surface area contributed by atoms with Gasteiger partial charge in [0.15, 0.2) is 0 Å². The Bertz CT molecular complexity index is 362. The predicted octanol–water partition coefficient (Wildman–Crippen LogP) is 3.06. The van der Waals surface area contributed by atoms with Crippen LogP contribution in [-0.4, -0.2) is 19.6 Å². The lowest BCUT2D eigenvalue weighted by Gasteiger charge is -2.23. The van der Waals surface area contributed by atoms with Crippen LogP contribution in [0.4, 0.5) is 11.4 Å². The van der Waals surface area contributed by atoms with E-state index in [-0.39, 0.29) is 0 Å². The molecule has 0 saturated carbocycles. The molecule has 0 aliphatic carbocycles. The second-order valence-corrected chi connectivity index (χ2v) is 4.27. The average Bonchev–Trinajstić information content (AvgIpc) is 2.41. The van der Waals surface area contributed by atoms with Gasteiger partial charge in [0.2, 0.25) is 0 Å². The zero-order valence-corrected chi connectivity index (χ0v) is 9.43. The highest BCUT2D eigenvalue weighted by atomic mass is 35.5. The Hall–Kier alpha value is -1.15. The first kappa shape index (κ1) is 10.4. The fourth-order valence-electron chi connectivity index (χ4n) is 1.88. The third kappa shape index (κ3) is 2.45. The molecular weight excluding hydrogens is 208 g/mol. The number of nitrogens with zero attached hydrogens (tertiary/aromatic N) is 1. The third-order valence-electron chi connectivity index (χ3n) is 2.53. The highest BCUT2D eigenvalue weighted by molar-refractivity contribution is 6.29. The molecule has 0 aromatic heterocycles. The standard InChI is InChI=1S/C12H15ClN2/c1-10(13)9-15-8-4-7-14-11-5-2-3-6-12(11)15/h2-3,5-6,14H,1,4,7-9H2. The van der Waals surface area contributed by atoms with Crippen molar-refractivity contribution in [2.24, 2.45) is 0 Å². The van der Waals surface area contributed by atoms with Crippen LogP contribution < -0.4 is 10.2 Å². The maximum absolute atomic E-state index is 5.87. The van der Waals surface area contributed by atoms with Crippen molar-refractivity contribution in [1.82, 2.24) is 0 Å². The van der Waals surface area contributed by atoms with Gasteiger partial charge in [0.25, 0.3) is 0 Å². The minimum atomic E-state index is 0.687. The summed E-state index contributed by atoms with van der Waals surface area (Å²) >= 11 is 5.87. The average molecular weight is 223 g/mol. The van der Waals surface area contributed by atoms with Crippen LogP contribution in [0.5, 0.6) is 0 Å². The minimum absolute atomic E-state index is 0.687. The van der Waals surface area contributed by atoms with E-state index in [0.29, 0.717) is 5.03 Å². The number of hydrogen-bond acceptors (Lipinski definition) is 2. The van der Waals surface area contributed by atoms with E-state index in [9.17, 15) is 0 Å². The summed E-state index contributed by atoms with van der Waals surface area (Å²) in [4.78, 5) is 2.27. The summed E-state index contributed by atoms with van der Waals surface area (Å²) < 4.78 is 0. The second-order valence-electron chi connectivity index (χ2n) is 3.74. The zero-order chi connectivity index (χ0) is 10.7. The van der Waals surface area contributed by atoms with Gasteiger partial charge in [0.05, 0.1) is 17.9 Å². The molecule has 2 nitrogen and oxygen atoms in total. The molecule has 1 aliphatic rings. The molecule has 2 rings (SSSR count).